The first-order valence-corrected chi connectivity index (χ1v) is 21.6. The molecule has 15 heteroatoms. The van der Waals surface area contributed by atoms with Gasteiger partial charge in [0.15, 0.2) is 12.0 Å². The van der Waals surface area contributed by atoms with Crippen molar-refractivity contribution in [1.29, 1.82) is 0 Å². The first-order valence-electron chi connectivity index (χ1n) is 21.6. The van der Waals surface area contributed by atoms with Crippen LogP contribution in [-0.4, -0.2) is 129 Å². The zero-order valence-corrected chi connectivity index (χ0v) is 37.5. The summed E-state index contributed by atoms with van der Waals surface area (Å²) in [4.78, 5) is 39.6. The number of cyclic esters (lactones) is 1. The molecule has 3 aliphatic rings. The molecule has 5 rings (SSSR count). The third-order valence-corrected chi connectivity index (χ3v) is 12.6. The molecule has 1 aromatic heterocycles. The molecule has 13 atom stereocenters. The summed E-state index contributed by atoms with van der Waals surface area (Å²) in [7, 11) is 2.04. The molecule has 4 heterocycles. The molecule has 3 aliphatic heterocycles. The summed E-state index contributed by atoms with van der Waals surface area (Å²) in [6.45, 7) is 16.3. The molecule has 1 amide bonds. The Bertz CT molecular complexity index is 1860. The van der Waals surface area contributed by atoms with Gasteiger partial charge in [-0.05, 0) is 90.3 Å². The molecule has 3 saturated heterocycles. The summed E-state index contributed by atoms with van der Waals surface area (Å²) in [5.74, 6) is -0.826. The van der Waals surface area contributed by atoms with Crippen LogP contribution in [-0.2, 0) is 33.3 Å². The second kappa shape index (κ2) is 20.9. The molecule has 336 valence electrons. The first-order chi connectivity index (χ1) is 28.9. The third-order valence-electron chi connectivity index (χ3n) is 12.6. The van der Waals surface area contributed by atoms with Gasteiger partial charge in [0.05, 0.1) is 54.8 Å². The molecule has 7 unspecified atom stereocenters. The van der Waals surface area contributed by atoms with Gasteiger partial charge in [-0.15, -0.1) is 12.3 Å². The van der Waals surface area contributed by atoms with Crippen molar-refractivity contribution in [3.8, 4) is 23.8 Å². The fourth-order valence-electron chi connectivity index (χ4n) is 9.26. The van der Waals surface area contributed by atoms with Crippen molar-refractivity contribution in [1.82, 2.24) is 14.7 Å². The van der Waals surface area contributed by atoms with Crippen molar-refractivity contribution in [2.75, 3.05) is 26.8 Å². The van der Waals surface area contributed by atoms with Crippen molar-refractivity contribution < 1.29 is 48.3 Å². The number of amides is 1. The normalized spacial score (nSPS) is 37.0. The quantitative estimate of drug-likeness (QED) is 0.188. The van der Waals surface area contributed by atoms with Crippen LogP contribution in [0.15, 0.2) is 52.9 Å². The van der Waals surface area contributed by atoms with Gasteiger partial charge in [-0.25, -0.2) is 9.67 Å². The van der Waals surface area contributed by atoms with E-state index in [1.165, 1.54) is 6.92 Å². The van der Waals surface area contributed by atoms with Crippen molar-refractivity contribution in [3.05, 3.63) is 42.7 Å². The zero-order valence-electron chi connectivity index (χ0n) is 37.5. The number of rotatable bonds is 9. The Labute approximate surface area is 361 Å². The Hall–Kier alpha value is -4.01. The lowest BCUT2D eigenvalue weighted by Gasteiger charge is -2.47. The highest BCUT2D eigenvalue weighted by molar-refractivity contribution is 5.98. The van der Waals surface area contributed by atoms with E-state index in [4.69, 9.17) is 34.9 Å². The number of aliphatic hydroxyl groups is 2. The van der Waals surface area contributed by atoms with Crippen LogP contribution in [0.4, 0.5) is 0 Å². The molecule has 0 aliphatic carbocycles. The molecule has 1 aromatic carbocycles. The van der Waals surface area contributed by atoms with Gasteiger partial charge in [-0.2, -0.15) is 5.10 Å². The van der Waals surface area contributed by atoms with Gasteiger partial charge in [0.2, 0.25) is 5.91 Å². The molecule has 2 N–H and O–H groups in total. The Morgan fingerprint density at radius 2 is 1.84 bits per heavy atom. The number of ether oxygens (including phenoxy) is 5. The SMILES string of the molecule is C#CCCN(C)C1CC(C)OC(O[C@@H]2[C@@H](C)[C@H](O)C(C)C(=O)OC(CC)[C@@](C)(O)C3OC/C(=N\Oc4ccc(-n5cccn5)cc4)CO[C@]2(C)C[C@@H](C)C(=NC(C)=O)C3C)C1. The fourth-order valence-corrected chi connectivity index (χ4v) is 9.26. The Morgan fingerprint density at radius 3 is 2.48 bits per heavy atom. The first kappa shape index (κ1) is 48.0. The number of hydrogen-bond donors (Lipinski definition) is 2. The van der Waals surface area contributed by atoms with Gasteiger partial charge in [0.1, 0.15) is 17.4 Å². The van der Waals surface area contributed by atoms with Crippen molar-refractivity contribution in [2.24, 2.45) is 33.8 Å². The third kappa shape index (κ3) is 11.7. The van der Waals surface area contributed by atoms with Crippen molar-refractivity contribution in [3.63, 3.8) is 0 Å². The van der Waals surface area contributed by atoms with Gasteiger partial charge < -0.3 is 43.6 Å². The number of aliphatic imine (C=N–C) groups is 1. The highest BCUT2D eigenvalue weighted by Crippen LogP contribution is 2.41. The predicted molar refractivity (Wildman–Crippen MR) is 230 cm³/mol. The van der Waals surface area contributed by atoms with Crippen LogP contribution in [0.5, 0.6) is 5.75 Å². The number of oxime groups is 1. The van der Waals surface area contributed by atoms with E-state index in [2.05, 4.69) is 26.1 Å². The zero-order chi connectivity index (χ0) is 44.6. The lowest BCUT2D eigenvalue weighted by molar-refractivity contribution is -0.272. The Balaban J connectivity index is 1.64. The van der Waals surface area contributed by atoms with Gasteiger partial charge >= 0.3 is 5.97 Å². The monoisotopic (exact) mass is 849 g/mol. The average Bonchev–Trinajstić information content (AvgIpc) is 3.77. The molecule has 61 heavy (non-hydrogen) atoms. The lowest BCUT2D eigenvalue weighted by Crippen LogP contribution is -2.58. The van der Waals surface area contributed by atoms with Crippen LogP contribution in [0.1, 0.15) is 94.4 Å². The summed E-state index contributed by atoms with van der Waals surface area (Å²) >= 11 is 0. The van der Waals surface area contributed by atoms with E-state index < -0.39 is 77.5 Å². The molecule has 0 spiro atoms. The van der Waals surface area contributed by atoms with E-state index in [1.807, 2.05) is 66.1 Å². The minimum atomic E-state index is -1.81. The second-order valence-corrected chi connectivity index (χ2v) is 17.7. The summed E-state index contributed by atoms with van der Waals surface area (Å²) < 4.78 is 35.0. The van der Waals surface area contributed by atoms with Gasteiger partial charge in [0, 0.05) is 62.3 Å². The number of aliphatic hydroxyl groups excluding tert-OH is 1. The van der Waals surface area contributed by atoms with Crippen molar-refractivity contribution in [2.45, 2.75) is 148 Å². The molecular formula is C46H67N5O10. The highest BCUT2D eigenvalue weighted by atomic mass is 16.7. The number of carbonyl (C=O) groups excluding carboxylic acids is 2. The highest BCUT2D eigenvalue weighted by Gasteiger charge is 2.52. The van der Waals surface area contributed by atoms with Crippen LogP contribution in [0.3, 0.4) is 0 Å². The maximum atomic E-state index is 14.0. The lowest BCUT2D eigenvalue weighted by atomic mass is 9.73. The number of hydrogen-bond acceptors (Lipinski definition) is 13. The molecule has 2 aromatic rings. The maximum Gasteiger partial charge on any atom is 0.311 e. The number of terminal acetylenes is 1. The summed E-state index contributed by atoms with van der Waals surface area (Å²) in [6, 6.07) is 9.18. The Morgan fingerprint density at radius 1 is 1.11 bits per heavy atom. The number of carbonyl (C=O) groups is 2. The smallest absolute Gasteiger partial charge is 0.311 e. The minimum absolute atomic E-state index is 0.0995. The van der Waals surface area contributed by atoms with E-state index in [0.717, 1.165) is 12.1 Å². The molecule has 0 saturated carbocycles. The molecule has 3 fully saturated rings. The largest absolute Gasteiger partial charge is 0.459 e. The number of fused-ring (bicyclic) bond motifs is 5. The van der Waals surface area contributed by atoms with E-state index in [1.54, 1.807) is 43.8 Å². The molecule has 15 nitrogen and oxygen atoms in total. The summed E-state index contributed by atoms with van der Waals surface area (Å²) in [6.07, 6.45) is 6.32. The standard InChI is InChI=1S/C46H67N5O10/c1-12-14-21-50(11)36-23-29(4)58-39(24-36)60-42-31(6)41(53)32(7)44(54)59-38(13-2)46(10,55)43-30(5)40(48-33(8)52)28(3)25-45(42,9)57-27-34(26-56-43)49-61-37-18-16-35(17-19-37)51-22-15-20-47-51/h1,15-20,22,28-32,36,38-39,41-43,53,55H,13-14,21,23-27H2,2-11H3/b48-40?,49-34+/t28-,29?,30?,31+,32?,36?,38?,39?,41+,42-,43?,45-,46-/m1/s1. The predicted octanol–water partition coefficient (Wildman–Crippen LogP) is 5.38. The number of benzene rings is 1. The van der Waals surface area contributed by atoms with Crippen molar-refractivity contribution >= 4 is 23.3 Å². The molecular weight excluding hydrogens is 783 g/mol. The van der Waals surface area contributed by atoms with Gasteiger partial charge in [-0.1, -0.05) is 32.9 Å². The minimum Gasteiger partial charge on any atom is -0.459 e. The van der Waals surface area contributed by atoms with E-state index in [9.17, 15) is 19.8 Å². The fraction of sp³-hybridized carbons (Fsp3) is 0.674. The van der Waals surface area contributed by atoms with E-state index >= 15 is 0 Å². The van der Waals surface area contributed by atoms with Crippen LogP contribution in [0.25, 0.3) is 5.69 Å². The number of aromatic nitrogens is 2. The van der Waals surface area contributed by atoms with E-state index in [0.29, 0.717) is 36.6 Å². The summed E-state index contributed by atoms with van der Waals surface area (Å²) in [5, 5.41) is 33.5. The molecule has 0 radical (unpaired) electrons. The summed E-state index contributed by atoms with van der Waals surface area (Å²) in [5.41, 5.74) is -1.41. The van der Waals surface area contributed by atoms with Crippen LogP contribution >= 0.6 is 0 Å². The van der Waals surface area contributed by atoms with Gasteiger partial charge in [-0.3, -0.25) is 9.59 Å². The number of nitrogens with zero attached hydrogens (tertiary/aromatic N) is 5. The van der Waals surface area contributed by atoms with Crippen LogP contribution < -0.4 is 4.84 Å². The van der Waals surface area contributed by atoms with Crippen LogP contribution in [0, 0.1) is 36.0 Å². The maximum absolute atomic E-state index is 14.0. The van der Waals surface area contributed by atoms with E-state index in [-0.39, 0.29) is 38.2 Å². The second-order valence-electron chi connectivity index (χ2n) is 17.7. The van der Waals surface area contributed by atoms with Crippen LogP contribution in [0.2, 0.25) is 0 Å². The number of esters is 1. The average molecular weight is 850 g/mol. The van der Waals surface area contributed by atoms with Gasteiger partial charge in [0.25, 0.3) is 0 Å². The topological polar surface area (TPSA) is 176 Å². The molecule has 2 bridgehead atoms. The Kier molecular flexibility index (Phi) is 16.5.